The molecule has 6 nitrogen and oxygen atoms in total. The monoisotopic (exact) mass is 380 g/mol. The van der Waals surface area contributed by atoms with Crippen LogP contribution in [-0.2, 0) is 11.2 Å². The lowest BCUT2D eigenvalue weighted by atomic mass is 9.77. The second-order valence-corrected chi connectivity index (χ2v) is 7.23. The predicted molar refractivity (Wildman–Crippen MR) is 106 cm³/mol. The van der Waals surface area contributed by atoms with Gasteiger partial charge in [0.1, 0.15) is 17.6 Å². The summed E-state index contributed by atoms with van der Waals surface area (Å²) in [5.41, 5.74) is 4.09. The maximum absolute atomic E-state index is 12.7. The van der Waals surface area contributed by atoms with Crippen LogP contribution in [0.5, 0.6) is 11.5 Å². The van der Waals surface area contributed by atoms with Crippen molar-refractivity contribution in [3.8, 4) is 11.5 Å². The summed E-state index contributed by atoms with van der Waals surface area (Å²) in [4.78, 5) is 12.7. The molecule has 1 heterocycles. The molecule has 1 aliphatic carbocycles. The Labute approximate surface area is 164 Å². The molecule has 4 rings (SSSR count). The van der Waals surface area contributed by atoms with Crippen molar-refractivity contribution in [1.29, 1.82) is 0 Å². The Balaban J connectivity index is 1.79. The maximum atomic E-state index is 12.7. The number of aryl methyl sites for hydroxylation is 1. The lowest BCUT2D eigenvalue weighted by Gasteiger charge is -2.30. The van der Waals surface area contributed by atoms with Gasteiger partial charge in [0.15, 0.2) is 0 Å². The second-order valence-electron chi connectivity index (χ2n) is 7.23. The molecule has 1 aliphatic heterocycles. The van der Waals surface area contributed by atoms with Gasteiger partial charge in [-0.25, -0.2) is 5.01 Å². The average Bonchev–Trinajstić information content (AvgIpc) is 3.12. The summed E-state index contributed by atoms with van der Waals surface area (Å²) in [7, 11) is 3.27. The molecular formula is C22H24N2O4. The molecule has 0 radical (unpaired) electrons. The molecule has 0 spiro atoms. The number of hydrazone groups is 1. The van der Waals surface area contributed by atoms with E-state index in [9.17, 15) is 9.90 Å². The van der Waals surface area contributed by atoms with Crippen molar-refractivity contribution in [2.75, 3.05) is 14.2 Å². The highest BCUT2D eigenvalue weighted by Gasteiger charge is 2.44. The number of carbonyl (C=O) groups excluding carboxylic acids is 1. The average molecular weight is 380 g/mol. The summed E-state index contributed by atoms with van der Waals surface area (Å²) >= 11 is 0. The number of nitrogens with zero attached hydrogens (tertiary/aromatic N) is 2. The minimum atomic E-state index is -1.12. The maximum Gasteiger partial charge on any atom is 0.271 e. The first-order valence-corrected chi connectivity index (χ1v) is 9.44. The minimum Gasteiger partial charge on any atom is -0.497 e. The van der Waals surface area contributed by atoms with Gasteiger partial charge in [0.25, 0.3) is 5.91 Å². The summed E-state index contributed by atoms with van der Waals surface area (Å²) < 4.78 is 10.6. The SMILES string of the molecule is COc1ccc([C@@H]2[C@@H]3CCc4ccc(OC)cc4C3=NN2C(=O)[C@H](C)O)cc1. The summed E-state index contributed by atoms with van der Waals surface area (Å²) in [6, 6.07) is 13.5. The standard InChI is InChI=1S/C22H24N2O4/c1-13(25)22(26)24-21(15-5-8-16(27-2)9-6-15)18-11-7-14-4-10-17(28-3)12-19(14)20(18)23-24/h4-6,8-10,12-13,18,21,25H,7,11H2,1-3H3/t13-,18+,21+/m0/s1. The first kappa shape index (κ1) is 18.5. The van der Waals surface area contributed by atoms with Crippen molar-refractivity contribution < 1.29 is 19.4 Å². The normalized spacial score (nSPS) is 21.4. The Morgan fingerprint density at radius 2 is 1.82 bits per heavy atom. The molecule has 0 unspecified atom stereocenters. The van der Waals surface area contributed by atoms with Crippen molar-refractivity contribution in [3.63, 3.8) is 0 Å². The van der Waals surface area contributed by atoms with E-state index < -0.39 is 12.0 Å². The van der Waals surface area contributed by atoms with Crippen LogP contribution in [0.4, 0.5) is 0 Å². The van der Waals surface area contributed by atoms with Crippen LogP contribution < -0.4 is 9.47 Å². The lowest BCUT2D eigenvalue weighted by Crippen LogP contribution is -2.37. The number of carbonyl (C=O) groups is 1. The van der Waals surface area contributed by atoms with E-state index in [0.717, 1.165) is 41.2 Å². The molecule has 3 atom stereocenters. The van der Waals surface area contributed by atoms with Gasteiger partial charge in [-0.3, -0.25) is 4.79 Å². The van der Waals surface area contributed by atoms with Crippen molar-refractivity contribution in [1.82, 2.24) is 5.01 Å². The molecule has 0 saturated heterocycles. The van der Waals surface area contributed by atoms with Gasteiger partial charge in [-0.1, -0.05) is 18.2 Å². The zero-order valence-electron chi connectivity index (χ0n) is 16.3. The number of rotatable bonds is 4. The molecule has 2 aromatic carbocycles. The van der Waals surface area contributed by atoms with E-state index in [4.69, 9.17) is 14.6 Å². The van der Waals surface area contributed by atoms with E-state index in [0.29, 0.717) is 0 Å². The fraction of sp³-hybridized carbons (Fsp3) is 0.364. The quantitative estimate of drug-likeness (QED) is 0.885. The van der Waals surface area contributed by atoms with Crippen LogP contribution in [0.15, 0.2) is 47.6 Å². The third kappa shape index (κ3) is 3.03. The molecule has 6 heteroatoms. The number of fused-ring (bicyclic) bond motifs is 3. The number of hydrogen-bond donors (Lipinski definition) is 1. The number of hydrogen-bond acceptors (Lipinski definition) is 5. The Bertz CT molecular complexity index is 921. The molecule has 2 aliphatic rings. The Kier molecular flexibility index (Phi) is 4.81. The number of aliphatic hydroxyl groups is 1. The van der Waals surface area contributed by atoms with Crippen molar-refractivity contribution in [3.05, 3.63) is 59.2 Å². The van der Waals surface area contributed by atoms with Crippen LogP contribution in [-0.4, -0.2) is 42.1 Å². The van der Waals surface area contributed by atoms with Crippen molar-refractivity contribution in [2.24, 2.45) is 11.0 Å². The fourth-order valence-corrected chi connectivity index (χ4v) is 4.12. The number of aliphatic hydroxyl groups excluding tert-OH is 1. The molecule has 0 aromatic heterocycles. The van der Waals surface area contributed by atoms with Crippen molar-refractivity contribution >= 4 is 11.6 Å². The third-order valence-electron chi connectivity index (χ3n) is 5.57. The van der Waals surface area contributed by atoms with Gasteiger partial charge in [-0.05, 0) is 55.2 Å². The Morgan fingerprint density at radius 3 is 2.46 bits per heavy atom. The zero-order chi connectivity index (χ0) is 19.8. The summed E-state index contributed by atoms with van der Waals surface area (Å²) in [6.07, 6.45) is 0.681. The predicted octanol–water partition coefficient (Wildman–Crippen LogP) is 2.93. The van der Waals surface area contributed by atoms with Gasteiger partial charge < -0.3 is 14.6 Å². The highest BCUT2D eigenvalue weighted by molar-refractivity contribution is 6.07. The van der Waals surface area contributed by atoms with E-state index >= 15 is 0 Å². The number of amides is 1. The van der Waals surface area contributed by atoms with Gasteiger partial charge in [0.2, 0.25) is 0 Å². The van der Waals surface area contributed by atoms with Gasteiger partial charge in [0.05, 0.1) is 26.0 Å². The molecule has 0 fully saturated rings. The van der Waals surface area contributed by atoms with E-state index in [2.05, 4.69) is 6.07 Å². The smallest absolute Gasteiger partial charge is 0.271 e. The van der Waals surface area contributed by atoms with Crippen LogP contribution in [0.2, 0.25) is 0 Å². The highest BCUT2D eigenvalue weighted by atomic mass is 16.5. The molecule has 1 amide bonds. The molecular weight excluding hydrogens is 356 g/mol. The summed E-state index contributed by atoms with van der Waals surface area (Å²) in [5.74, 6) is 1.20. The van der Waals surface area contributed by atoms with Crippen LogP contribution in [0.3, 0.4) is 0 Å². The molecule has 0 bridgehead atoms. The lowest BCUT2D eigenvalue weighted by molar-refractivity contribution is -0.141. The van der Waals surface area contributed by atoms with Gasteiger partial charge >= 0.3 is 0 Å². The second kappa shape index (κ2) is 7.28. The summed E-state index contributed by atoms with van der Waals surface area (Å²) in [6.45, 7) is 1.48. The molecule has 28 heavy (non-hydrogen) atoms. The number of ether oxygens (including phenoxy) is 2. The van der Waals surface area contributed by atoms with Gasteiger partial charge in [-0.15, -0.1) is 0 Å². The van der Waals surface area contributed by atoms with Gasteiger partial charge in [-0.2, -0.15) is 5.10 Å². The summed E-state index contributed by atoms with van der Waals surface area (Å²) in [5, 5.41) is 16.1. The molecule has 0 saturated carbocycles. The first-order valence-electron chi connectivity index (χ1n) is 9.44. The molecule has 2 aromatic rings. The van der Waals surface area contributed by atoms with Gasteiger partial charge in [0, 0.05) is 11.5 Å². The zero-order valence-corrected chi connectivity index (χ0v) is 16.3. The fourth-order valence-electron chi connectivity index (χ4n) is 4.12. The van der Waals surface area contributed by atoms with Crippen molar-refractivity contribution in [2.45, 2.75) is 31.9 Å². The van der Waals surface area contributed by atoms with Crippen LogP contribution in [0.1, 0.15) is 36.1 Å². The van der Waals surface area contributed by atoms with Crippen LogP contribution in [0.25, 0.3) is 0 Å². The van der Waals surface area contributed by atoms with Crippen LogP contribution in [0, 0.1) is 5.92 Å². The number of methoxy groups -OCH3 is 2. The van der Waals surface area contributed by atoms with E-state index in [1.54, 1.807) is 14.2 Å². The van der Waals surface area contributed by atoms with E-state index in [1.807, 2.05) is 36.4 Å². The topological polar surface area (TPSA) is 71.4 Å². The minimum absolute atomic E-state index is 0.0655. The third-order valence-corrected chi connectivity index (χ3v) is 5.57. The largest absolute Gasteiger partial charge is 0.497 e. The highest BCUT2D eigenvalue weighted by Crippen LogP contribution is 2.44. The first-order chi connectivity index (χ1) is 13.5. The molecule has 146 valence electrons. The molecule has 1 N–H and O–H groups in total. The van der Waals surface area contributed by atoms with Crippen LogP contribution >= 0.6 is 0 Å². The van der Waals surface area contributed by atoms with E-state index in [-0.39, 0.29) is 12.0 Å². The van der Waals surface area contributed by atoms with E-state index in [1.165, 1.54) is 17.5 Å². The number of benzene rings is 2. The Morgan fingerprint density at radius 1 is 1.14 bits per heavy atom. The Hall–Kier alpha value is -2.86.